The van der Waals surface area contributed by atoms with Gasteiger partial charge < -0.3 is 19.4 Å². The van der Waals surface area contributed by atoms with Gasteiger partial charge in [0, 0.05) is 19.1 Å². The predicted octanol–water partition coefficient (Wildman–Crippen LogP) is 1.81. The minimum Gasteiger partial charge on any atom is -0.493 e. The molecule has 1 atom stereocenters. The van der Waals surface area contributed by atoms with Gasteiger partial charge in [-0.3, -0.25) is 14.9 Å². The summed E-state index contributed by atoms with van der Waals surface area (Å²) in [6.45, 7) is 5.14. The molecule has 0 fully saturated rings. The van der Waals surface area contributed by atoms with Gasteiger partial charge in [0.2, 0.25) is 5.72 Å². The first-order valence-corrected chi connectivity index (χ1v) is 8.04. The van der Waals surface area contributed by atoms with Crippen molar-refractivity contribution < 1.29 is 33.8 Å². The number of hydrogen-bond acceptors (Lipinski definition) is 8. The van der Waals surface area contributed by atoms with Crippen molar-refractivity contribution in [2.45, 2.75) is 38.5 Å². The van der Waals surface area contributed by atoms with Crippen molar-refractivity contribution in [2.75, 3.05) is 13.7 Å². The van der Waals surface area contributed by atoms with Crippen LogP contribution in [0.15, 0.2) is 29.4 Å². The van der Waals surface area contributed by atoms with Crippen LogP contribution < -0.4 is 10.1 Å². The zero-order valence-electron chi connectivity index (χ0n) is 15.6. The fourth-order valence-electron chi connectivity index (χ4n) is 2.00. The first-order chi connectivity index (χ1) is 12.7. The molecular weight excluding hydrogens is 356 g/mol. The molecule has 0 aromatic heterocycles. The van der Waals surface area contributed by atoms with E-state index in [-0.39, 0.29) is 18.7 Å². The second-order valence-corrected chi connectivity index (χ2v) is 6.51. The van der Waals surface area contributed by atoms with Crippen LogP contribution in [-0.4, -0.2) is 54.6 Å². The molecule has 0 aliphatic heterocycles. The summed E-state index contributed by atoms with van der Waals surface area (Å²) in [5.41, 5.74) is -2.18. The number of hydrogen-bond donors (Lipinski definition) is 2. The number of methoxy groups -OCH3 is 1. The van der Waals surface area contributed by atoms with Crippen molar-refractivity contribution in [3.63, 3.8) is 0 Å². The minimum atomic E-state index is -1.59. The maximum atomic E-state index is 11.9. The van der Waals surface area contributed by atoms with Gasteiger partial charge >= 0.3 is 6.09 Å². The normalized spacial score (nSPS) is 14.0. The lowest BCUT2D eigenvalue weighted by molar-refractivity contribution is -0.133. The molecule has 0 aliphatic rings. The molecule has 1 amide bonds. The number of carbonyl (C=O) groups is 2. The summed E-state index contributed by atoms with van der Waals surface area (Å²) in [5.74, 6) is 0.440. The Labute approximate surface area is 157 Å². The number of amides is 1. The highest BCUT2D eigenvalue weighted by molar-refractivity contribution is 6.36. The lowest BCUT2D eigenvalue weighted by Crippen LogP contribution is -2.53. The molecular formula is C18H23N2O7. The molecule has 0 saturated heterocycles. The fraction of sp³-hybridized carbons (Fsp3) is 0.444. The largest absolute Gasteiger partial charge is 0.493 e. The maximum absolute atomic E-state index is 11.9. The topological polar surface area (TPSA) is 124 Å². The van der Waals surface area contributed by atoms with E-state index in [9.17, 15) is 14.4 Å². The predicted molar refractivity (Wildman–Crippen MR) is 95.7 cm³/mol. The molecule has 0 saturated carbocycles. The number of carbonyl (C=O) groups excluding carboxylic acids is 3. The Kier molecular flexibility index (Phi) is 7.92. The highest BCUT2D eigenvalue weighted by Gasteiger charge is 2.33. The molecule has 0 spiro atoms. The van der Waals surface area contributed by atoms with E-state index in [4.69, 9.17) is 19.4 Å². The zero-order valence-corrected chi connectivity index (χ0v) is 15.6. The molecule has 1 aromatic rings. The molecule has 1 radical (unpaired) electrons. The molecule has 2 N–H and O–H groups in total. The Morgan fingerprint density at radius 1 is 1.30 bits per heavy atom. The van der Waals surface area contributed by atoms with Crippen molar-refractivity contribution in [3.8, 4) is 5.75 Å². The number of nitrogens with one attached hydrogen (secondary N) is 1. The van der Waals surface area contributed by atoms with E-state index >= 15 is 0 Å². The average Bonchev–Trinajstić information content (AvgIpc) is 2.61. The SMILES string of the molecule is COC(C=O)(CCOc1ccc(C([C]=O)=NO)cc1)NC(=O)OC(C)(C)C. The number of aldehydes is 1. The van der Waals surface area contributed by atoms with E-state index in [1.165, 1.54) is 25.5 Å². The van der Waals surface area contributed by atoms with E-state index in [1.807, 2.05) is 0 Å². The number of nitrogens with zero attached hydrogens (tertiary/aromatic N) is 1. The van der Waals surface area contributed by atoms with Crippen LogP contribution in [-0.2, 0) is 19.1 Å². The van der Waals surface area contributed by atoms with Crippen LogP contribution in [0.3, 0.4) is 0 Å². The molecule has 9 nitrogen and oxygen atoms in total. The molecule has 27 heavy (non-hydrogen) atoms. The molecule has 1 unspecified atom stereocenters. The van der Waals surface area contributed by atoms with E-state index in [2.05, 4.69) is 10.5 Å². The second kappa shape index (κ2) is 9.67. The van der Waals surface area contributed by atoms with E-state index in [0.717, 1.165) is 0 Å². The van der Waals surface area contributed by atoms with Crippen molar-refractivity contribution in [1.82, 2.24) is 5.32 Å². The summed E-state index contributed by atoms with van der Waals surface area (Å²) in [7, 11) is 1.28. The quantitative estimate of drug-likeness (QED) is 0.220. The molecule has 0 bridgehead atoms. The molecule has 1 rings (SSSR count). The van der Waals surface area contributed by atoms with Crippen LogP contribution in [0.2, 0.25) is 0 Å². The van der Waals surface area contributed by atoms with Gasteiger partial charge in [0.25, 0.3) is 6.29 Å². The van der Waals surface area contributed by atoms with Crippen molar-refractivity contribution >= 4 is 24.4 Å². The Morgan fingerprint density at radius 2 is 1.93 bits per heavy atom. The van der Waals surface area contributed by atoms with Gasteiger partial charge in [-0.25, -0.2) is 4.79 Å². The molecule has 1 aromatic carbocycles. The number of alkyl carbamates (subject to hydrolysis) is 1. The van der Waals surface area contributed by atoms with Gasteiger partial charge in [-0.2, -0.15) is 0 Å². The van der Waals surface area contributed by atoms with E-state index in [0.29, 0.717) is 17.6 Å². The Balaban J connectivity index is 2.68. The van der Waals surface area contributed by atoms with Gasteiger partial charge in [-0.05, 0) is 45.0 Å². The van der Waals surface area contributed by atoms with Gasteiger partial charge in [-0.15, -0.1) is 0 Å². The summed E-state index contributed by atoms with van der Waals surface area (Å²) in [6, 6.07) is 6.12. The van der Waals surface area contributed by atoms with Crippen molar-refractivity contribution in [1.29, 1.82) is 0 Å². The van der Waals surface area contributed by atoms with Crippen LogP contribution in [0, 0.1) is 0 Å². The number of ether oxygens (including phenoxy) is 3. The third-order valence-electron chi connectivity index (χ3n) is 3.33. The Bertz CT molecular complexity index is 680. The number of benzene rings is 1. The van der Waals surface area contributed by atoms with Crippen LogP contribution >= 0.6 is 0 Å². The lowest BCUT2D eigenvalue weighted by Gasteiger charge is -2.29. The highest BCUT2D eigenvalue weighted by atomic mass is 16.6. The van der Waals surface area contributed by atoms with Crippen LogP contribution in [0.5, 0.6) is 5.75 Å². The summed E-state index contributed by atoms with van der Waals surface area (Å²) >= 11 is 0. The Hall–Kier alpha value is -2.94. The van der Waals surface area contributed by atoms with Crippen LogP contribution in [0.1, 0.15) is 32.8 Å². The van der Waals surface area contributed by atoms with Crippen LogP contribution in [0.25, 0.3) is 0 Å². The van der Waals surface area contributed by atoms with Gasteiger partial charge in [0.05, 0.1) is 6.61 Å². The smallest absolute Gasteiger partial charge is 0.410 e. The summed E-state index contributed by atoms with van der Waals surface area (Å²) < 4.78 is 15.8. The summed E-state index contributed by atoms with van der Waals surface area (Å²) in [5, 5.41) is 13.9. The number of rotatable bonds is 9. The van der Waals surface area contributed by atoms with E-state index in [1.54, 1.807) is 32.9 Å². The third-order valence-corrected chi connectivity index (χ3v) is 3.33. The van der Waals surface area contributed by atoms with Gasteiger partial charge in [0.15, 0.2) is 12.0 Å². The standard InChI is InChI=1S/C18H23N2O7/c1-17(2,3)27-16(23)19-18(12-22,25-4)9-10-26-14-7-5-13(6-8-14)15(11-21)20-24/h5-8,12,24H,9-10H2,1-4H3,(H,19,23). The van der Waals surface area contributed by atoms with Gasteiger partial charge in [-0.1, -0.05) is 5.16 Å². The third kappa shape index (κ3) is 7.06. The van der Waals surface area contributed by atoms with E-state index < -0.39 is 17.4 Å². The highest BCUT2D eigenvalue weighted by Crippen LogP contribution is 2.16. The van der Waals surface area contributed by atoms with Gasteiger partial charge in [0.1, 0.15) is 11.4 Å². The Morgan fingerprint density at radius 3 is 2.37 bits per heavy atom. The lowest BCUT2D eigenvalue weighted by atomic mass is 10.1. The van der Waals surface area contributed by atoms with Crippen molar-refractivity contribution in [3.05, 3.63) is 29.8 Å². The average molecular weight is 379 g/mol. The molecule has 9 heteroatoms. The molecule has 147 valence electrons. The van der Waals surface area contributed by atoms with Crippen LogP contribution in [0.4, 0.5) is 4.79 Å². The fourth-order valence-corrected chi connectivity index (χ4v) is 2.00. The maximum Gasteiger partial charge on any atom is 0.410 e. The minimum absolute atomic E-state index is 0.0272. The number of oxime groups is 1. The monoisotopic (exact) mass is 379 g/mol. The molecule has 0 heterocycles. The first kappa shape index (κ1) is 22.1. The zero-order chi connectivity index (χ0) is 20.5. The summed E-state index contributed by atoms with van der Waals surface area (Å²) in [4.78, 5) is 34.0. The first-order valence-electron chi connectivity index (χ1n) is 8.04. The van der Waals surface area contributed by atoms with Crippen molar-refractivity contribution in [2.24, 2.45) is 5.16 Å². The second-order valence-electron chi connectivity index (χ2n) is 6.51. The summed E-state index contributed by atoms with van der Waals surface area (Å²) in [6.07, 6.45) is 1.20. The molecule has 0 aliphatic carbocycles.